The molecule has 4 rings (SSSR count). The summed E-state index contributed by atoms with van der Waals surface area (Å²) in [6.07, 6.45) is 2.15. The number of amides is 1. The molecule has 3 heterocycles. The molecular weight excluding hydrogens is 478 g/mol. The Kier molecular flexibility index (Phi) is 8.27. The molecule has 1 aromatic rings. The zero-order valence-corrected chi connectivity index (χ0v) is 21.6. The van der Waals surface area contributed by atoms with Gasteiger partial charge in [0.2, 0.25) is 5.79 Å². The van der Waals surface area contributed by atoms with Gasteiger partial charge in [0, 0.05) is 17.3 Å². The van der Waals surface area contributed by atoms with Crippen LogP contribution in [0.1, 0.15) is 53.4 Å². The molecule has 1 aromatic carbocycles. The number of anilines is 1. The average Bonchev–Trinajstić information content (AvgIpc) is 3.20. The first-order valence-electron chi connectivity index (χ1n) is 12.2. The second-order valence-corrected chi connectivity index (χ2v) is 10.5. The molecular formula is C25H36ClNO8. The predicted octanol–water partition coefficient (Wildman–Crippen LogP) is 4.86. The molecule has 0 unspecified atom stereocenters. The van der Waals surface area contributed by atoms with E-state index >= 15 is 0 Å². The maximum atomic E-state index is 11.8. The first-order chi connectivity index (χ1) is 16.6. The van der Waals surface area contributed by atoms with Crippen LogP contribution in [0.2, 0.25) is 5.02 Å². The Balaban J connectivity index is 1.11. The lowest BCUT2D eigenvalue weighted by atomic mass is 10.0. The van der Waals surface area contributed by atoms with Crippen molar-refractivity contribution in [3.63, 3.8) is 0 Å². The lowest BCUT2D eigenvalue weighted by Crippen LogP contribution is -2.51. The van der Waals surface area contributed by atoms with Gasteiger partial charge in [0.1, 0.15) is 24.9 Å². The number of rotatable bonds is 10. The second-order valence-electron chi connectivity index (χ2n) is 10.0. The zero-order valence-electron chi connectivity index (χ0n) is 20.8. The lowest BCUT2D eigenvalue weighted by molar-refractivity contribution is -0.331. The summed E-state index contributed by atoms with van der Waals surface area (Å²) in [6.45, 7) is 9.11. The Hall–Kier alpha value is -1.46. The van der Waals surface area contributed by atoms with Gasteiger partial charge in [0.15, 0.2) is 11.6 Å². The van der Waals surface area contributed by atoms with Gasteiger partial charge in [-0.2, -0.15) is 0 Å². The van der Waals surface area contributed by atoms with Crippen LogP contribution in [0.5, 0.6) is 0 Å². The van der Waals surface area contributed by atoms with Gasteiger partial charge in [-0.15, -0.1) is 0 Å². The highest BCUT2D eigenvalue weighted by Gasteiger charge is 2.67. The van der Waals surface area contributed by atoms with Crippen LogP contribution in [-0.2, 0) is 33.2 Å². The summed E-state index contributed by atoms with van der Waals surface area (Å²) >= 11 is 5.83. The molecule has 1 amide bonds. The van der Waals surface area contributed by atoms with E-state index in [4.69, 9.17) is 44.8 Å². The van der Waals surface area contributed by atoms with Gasteiger partial charge in [0.05, 0.1) is 13.2 Å². The molecule has 4 atom stereocenters. The van der Waals surface area contributed by atoms with Gasteiger partial charge in [-0.05, 0) is 71.2 Å². The smallest absolute Gasteiger partial charge is 0.411 e. The van der Waals surface area contributed by atoms with Crippen molar-refractivity contribution in [1.29, 1.82) is 0 Å². The molecule has 1 N–H and O–H groups in total. The first kappa shape index (κ1) is 26.6. The van der Waals surface area contributed by atoms with E-state index in [-0.39, 0.29) is 24.9 Å². The largest absolute Gasteiger partial charge is 0.449 e. The fourth-order valence-electron chi connectivity index (χ4n) is 4.60. The minimum absolute atomic E-state index is 0.256. The summed E-state index contributed by atoms with van der Waals surface area (Å²) in [7, 11) is 0. The molecule has 196 valence electrons. The van der Waals surface area contributed by atoms with Crippen molar-refractivity contribution in [2.75, 3.05) is 31.7 Å². The summed E-state index contributed by atoms with van der Waals surface area (Å²) in [5, 5.41) is 3.28. The summed E-state index contributed by atoms with van der Waals surface area (Å²) in [4.78, 5) is 11.8. The number of ether oxygens (including phenoxy) is 7. The average molecular weight is 514 g/mol. The molecule has 3 saturated heterocycles. The van der Waals surface area contributed by atoms with E-state index in [9.17, 15) is 4.79 Å². The number of halogens is 1. The maximum Gasteiger partial charge on any atom is 0.411 e. The van der Waals surface area contributed by atoms with Gasteiger partial charge in [-0.25, -0.2) is 4.79 Å². The third-order valence-electron chi connectivity index (χ3n) is 6.10. The van der Waals surface area contributed by atoms with Crippen LogP contribution in [0, 0.1) is 0 Å². The van der Waals surface area contributed by atoms with Crippen molar-refractivity contribution in [2.24, 2.45) is 0 Å². The molecule has 3 fully saturated rings. The Labute approximate surface area is 211 Å². The topological polar surface area (TPSA) is 93.7 Å². The van der Waals surface area contributed by atoms with Crippen LogP contribution >= 0.6 is 11.6 Å². The number of benzene rings is 1. The predicted molar refractivity (Wildman–Crippen MR) is 128 cm³/mol. The fourth-order valence-corrected chi connectivity index (χ4v) is 4.73. The molecule has 3 aliphatic rings. The Bertz CT molecular complexity index is 864. The summed E-state index contributed by atoms with van der Waals surface area (Å²) < 4.78 is 41.6. The van der Waals surface area contributed by atoms with E-state index in [1.54, 1.807) is 24.3 Å². The van der Waals surface area contributed by atoms with Crippen molar-refractivity contribution in [3.05, 3.63) is 29.3 Å². The SMILES string of the molecule is CC1(C)OC[C@@H]2O[C@@]3(COCCCCCCOC(=O)Nc4ccc(Cl)cc4)OC(C)(C)O[C@H]3[C@@H]2O1. The molecule has 0 radical (unpaired) electrons. The zero-order chi connectivity index (χ0) is 25.1. The molecule has 0 bridgehead atoms. The Morgan fingerprint density at radius 1 is 1.00 bits per heavy atom. The van der Waals surface area contributed by atoms with E-state index in [1.165, 1.54) is 0 Å². The van der Waals surface area contributed by atoms with Gasteiger partial charge < -0.3 is 33.2 Å². The number of carbonyl (C=O) groups is 1. The number of unbranched alkanes of at least 4 members (excludes halogenated alkanes) is 3. The summed E-state index contributed by atoms with van der Waals surface area (Å²) in [6, 6.07) is 6.86. The molecule has 35 heavy (non-hydrogen) atoms. The van der Waals surface area contributed by atoms with Crippen LogP contribution in [0.3, 0.4) is 0 Å². The molecule has 0 spiro atoms. The van der Waals surface area contributed by atoms with E-state index in [0.717, 1.165) is 25.7 Å². The van der Waals surface area contributed by atoms with Crippen LogP contribution < -0.4 is 5.32 Å². The Morgan fingerprint density at radius 2 is 1.71 bits per heavy atom. The lowest BCUT2D eigenvalue weighted by Gasteiger charge is -2.38. The summed E-state index contributed by atoms with van der Waals surface area (Å²) in [5.41, 5.74) is 0.645. The second kappa shape index (κ2) is 10.9. The number of fused-ring (bicyclic) bond motifs is 3. The van der Waals surface area contributed by atoms with Crippen molar-refractivity contribution in [3.8, 4) is 0 Å². The van der Waals surface area contributed by atoms with Crippen molar-refractivity contribution >= 4 is 23.4 Å². The van der Waals surface area contributed by atoms with Gasteiger partial charge >= 0.3 is 6.09 Å². The minimum Gasteiger partial charge on any atom is -0.449 e. The first-order valence-corrected chi connectivity index (χ1v) is 12.6. The minimum atomic E-state index is -1.01. The van der Waals surface area contributed by atoms with Gasteiger partial charge in [0.25, 0.3) is 0 Å². The van der Waals surface area contributed by atoms with E-state index in [1.807, 2.05) is 27.7 Å². The number of hydrogen-bond donors (Lipinski definition) is 1. The van der Waals surface area contributed by atoms with E-state index in [0.29, 0.717) is 30.5 Å². The van der Waals surface area contributed by atoms with Crippen LogP contribution in [0.15, 0.2) is 24.3 Å². The van der Waals surface area contributed by atoms with Crippen molar-refractivity contribution in [2.45, 2.75) is 89.1 Å². The monoisotopic (exact) mass is 513 g/mol. The summed E-state index contributed by atoms with van der Waals surface area (Å²) in [5.74, 6) is -2.49. The van der Waals surface area contributed by atoms with Gasteiger partial charge in [-0.3, -0.25) is 5.32 Å². The molecule has 0 saturated carbocycles. The highest BCUT2D eigenvalue weighted by atomic mass is 35.5. The molecule has 0 aliphatic carbocycles. The number of hydrogen-bond acceptors (Lipinski definition) is 8. The number of nitrogens with one attached hydrogen (secondary N) is 1. The third-order valence-corrected chi connectivity index (χ3v) is 6.36. The van der Waals surface area contributed by atoms with Crippen LogP contribution in [0.4, 0.5) is 10.5 Å². The molecule has 10 heteroatoms. The molecule has 0 aromatic heterocycles. The highest BCUT2D eigenvalue weighted by Crippen LogP contribution is 2.49. The van der Waals surface area contributed by atoms with Crippen molar-refractivity contribution < 1.29 is 38.0 Å². The normalized spacial score (nSPS) is 30.5. The van der Waals surface area contributed by atoms with Gasteiger partial charge in [-0.1, -0.05) is 18.0 Å². The molecule has 9 nitrogen and oxygen atoms in total. The van der Waals surface area contributed by atoms with Crippen molar-refractivity contribution in [1.82, 2.24) is 0 Å². The van der Waals surface area contributed by atoms with E-state index < -0.39 is 23.5 Å². The third kappa shape index (κ3) is 6.85. The highest BCUT2D eigenvalue weighted by molar-refractivity contribution is 6.30. The fraction of sp³-hybridized carbons (Fsp3) is 0.720. The van der Waals surface area contributed by atoms with Crippen LogP contribution in [-0.4, -0.2) is 68.2 Å². The van der Waals surface area contributed by atoms with E-state index in [2.05, 4.69) is 5.32 Å². The maximum absolute atomic E-state index is 11.8. The number of carbonyl (C=O) groups excluding carboxylic acids is 1. The quantitative estimate of drug-likeness (QED) is 0.443. The van der Waals surface area contributed by atoms with Crippen LogP contribution in [0.25, 0.3) is 0 Å². The molecule has 3 aliphatic heterocycles. The standard InChI is InChI=1S/C25H36ClNO8/c1-23(2)31-15-19-20(33-23)21-25(32-19,35-24(3,4)34-21)16-29-13-7-5-6-8-14-30-22(28)27-18-11-9-17(26)10-12-18/h9-12,19-21H,5-8,13-16H2,1-4H3,(H,27,28)/t19-,20+,21-,25-/m0/s1. The Morgan fingerprint density at radius 3 is 2.46 bits per heavy atom.